The van der Waals surface area contributed by atoms with E-state index in [9.17, 15) is 0 Å². The molecule has 104 valence electrons. The maximum Gasteiger partial charge on any atom is 0.119 e. The van der Waals surface area contributed by atoms with Crippen LogP contribution in [0.15, 0.2) is 24.3 Å². The first-order chi connectivity index (χ1) is 9.42. The summed E-state index contributed by atoms with van der Waals surface area (Å²) in [7, 11) is 0. The highest BCUT2D eigenvalue weighted by Crippen LogP contribution is 2.31. The summed E-state index contributed by atoms with van der Waals surface area (Å²) in [6, 6.07) is 8.76. The molecule has 1 atom stereocenters. The molecule has 1 aliphatic heterocycles. The second-order valence-corrected chi connectivity index (χ2v) is 5.88. The summed E-state index contributed by atoms with van der Waals surface area (Å²) in [6.45, 7) is 1.56. The van der Waals surface area contributed by atoms with Gasteiger partial charge in [-0.05, 0) is 36.5 Å². The van der Waals surface area contributed by atoms with Gasteiger partial charge in [0.05, 0.1) is 6.61 Å². The molecule has 2 nitrogen and oxygen atoms in total. The van der Waals surface area contributed by atoms with E-state index in [1.165, 1.54) is 50.5 Å². The van der Waals surface area contributed by atoms with Gasteiger partial charge in [-0.3, -0.25) is 0 Å². The Morgan fingerprint density at radius 1 is 0.947 bits per heavy atom. The molecule has 19 heavy (non-hydrogen) atoms. The average molecular weight is 260 g/mol. The van der Waals surface area contributed by atoms with Crippen molar-refractivity contribution >= 4 is 0 Å². The van der Waals surface area contributed by atoms with Crippen molar-refractivity contribution in [1.29, 1.82) is 0 Å². The van der Waals surface area contributed by atoms with Gasteiger partial charge in [0.2, 0.25) is 0 Å². The maximum absolute atomic E-state index is 5.69. The van der Waals surface area contributed by atoms with Crippen molar-refractivity contribution < 1.29 is 9.47 Å². The Labute approximate surface area is 116 Å². The molecule has 1 heterocycles. The lowest BCUT2D eigenvalue weighted by atomic mass is 9.86. The smallest absolute Gasteiger partial charge is 0.119 e. The molecule has 1 aliphatic carbocycles. The SMILES string of the molecule is c1cc(C2CCCCCCC2)ccc1OCC1CO1. The molecule has 1 aromatic carbocycles. The van der Waals surface area contributed by atoms with Crippen LogP contribution in [0, 0.1) is 0 Å². The van der Waals surface area contributed by atoms with E-state index in [-0.39, 0.29) is 0 Å². The third-order valence-corrected chi connectivity index (χ3v) is 4.29. The van der Waals surface area contributed by atoms with Gasteiger partial charge in [-0.2, -0.15) is 0 Å². The minimum absolute atomic E-state index is 0.338. The predicted molar refractivity (Wildman–Crippen MR) is 76.7 cm³/mol. The molecular formula is C17H24O2. The Kier molecular flexibility index (Phi) is 4.39. The molecule has 2 fully saturated rings. The van der Waals surface area contributed by atoms with Crippen molar-refractivity contribution in [2.75, 3.05) is 13.2 Å². The molecule has 0 bridgehead atoms. The zero-order valence-electron chi connectivity index (χ0n) is 11.6. The quantitative estimate of drug-likeness (QED) is 0.753. The molecule has 0 aromatic heterocycles. The Morgan fingerprint density at radius 2 is 1.58 bits per heavy atom. The summed E-state index contributed by atoms with van der Waals surface area (Å²) in [5.41, 5.74) is 1.50. The van der Waals surface area contributed by atoms with E-state index >= 15 is 0 Å². The standard InChI is InChI=1S/C17H24O2/c1-2-4-6-14(7-5-3-1)15-8-10-16(11-9-15)18-12-17-13-19-17/h8-11,14,17H,1-7,12-13H2. The van der Waals surface area contributed by atoms with Crippen LogP contribution in [0.25, 0.3) is 0 Å². The highest BCUT2D eigenvalue weighted by atomic mass is 16.6. The molecule has 3 rings (SSSR count). The molecule has 0 radical (unpaired) electrons. The van der Waals surface area contributed by atoms with Crippen LogP contribution in [0.1, 0.15) is 56.4 Å². The lowest BCUT2D eigenvalue weighted by Crippen LogP contribution is -2.05. The molecule has 1 saturated heterocycles. The van der Waals surface area contributed by atoms with Crippen molar-refractivity contribution in [3.8, 4) is 5.75 Å². The zero-order chi connectivity index (χ0) is 12.9. The van der Waals surface area contributed by atoms with E-state index in [1.807, 2.05) is 0 Å². The summed E-state index contributed by atoms with van der Waals surface area (Å²) in [5, 5.41) is 0. The minimum Gasteiger partial charge on any atom is -0.491 e. The first-order valence-corrected chi connectivity index (χ1v) is 7.76. The lowest BCUT2D eigenvalue weighted by Gasteiger charge is -2.20. The Hall–Kier alpha value is -1.02. The Balaban J connectivity index is 1.56. The van der Waals surface area contributed by atoms with Crippen LogP contribution in [0.4, 0.5) is 0 Å². The largest absolute Gasteiger partial charge is 0.491 e. The molecule has 1 unspecified atom stereocenters. The van der Waals surface area contributed by atoms with Crippen LogP contribution in [0.5, 0.6) is 5.75 Å². The number of rotatable bonds is 4. The van der Waals surface area contributed by atoms with Gasteiger partial charge < -0.3 is 9.47 Å². The van der Waals surface area contributed by atoms with E-state index in [1.54, 1.807) is 0 Å². The van der Waals surface area contributed by atoms with Crippen LogP contribution in [-0.4, -0.2) is 19.3 Å². The van der Waals surface area contributed by atoms with Crippen LogP contribution in [0.3, 0.4) is 0 Å². The number of hydrogen-bond acceptors (Lipinski definition) is 2. The van der Waals surface area contributed by atoms with Gasteiger partial charge >= 0.3 is 0 Å². The highest BCUT2D eigenvalue weighted by Gasteiger charge is 2.23. The zero-order valence-corrected chi connectivity index (χ0v) is 11.6. The Morgan fingerprint density at radius 3 is 2.21 bits per heavy atom. The van der Waals surface area contributed by atoms with Crippen molar-refractivity contribution in [3.63, 3.8) is 0 Å². The molecule has 0 amide bonds. The van der Waals surface area contributed by atoms with Crippen LogP contribution >= 0.6 is 0 Å². The van der Waals surface area contributed by atoms with Gasteiger partial charge in [0.1, 0.15) is 18.5 Å². The van der Waals surface area contributed by atoms with Crippen LogP contribution in [-0.2, 0) is 4.74 Å². The monoisotopic (exact) mass is 260 g/mol. The second kappa shape index (κ2) is 6.42. The van der Waals surface area contributed by atoms with Gasteiger partial charge in [-0.1, -0.05) is 44.2 Å². The number of ether oxygens (including phenoxy) is 2. The van der Waals surface area contributed by atoms with Gasteiger partial charge in [-0.25, -0.2) is 0 Å². The number of epoxide rings is 1. The molecule has 1 aromatic rings. The number of benzene rings is 1. The fourth-order valence-electron chi connectivity index (χ4n) is 2.98. The van der Waals surface area contributed by atoms with Gasteiger partial charge in [0, 0.05) is 0 Å². The maximum atomic E-state index is 5.69. The number of hydrogen-bond donors (Lipinski definition) is 0. The van der Waals surface area contributed by atoms with Gasteiger partial charge in [0.25, 0.3) is 0 Å². The van der Waals surface area contributed by atoms with Crippen molar-refractivity contribution in [2.45, 2.75) is 57.0 Å². The summed E-state index contributed by atoms with van der Waals surface area (Å²) in [5.74, 6) is 1.74. The van der Waals surface area contributed by atoms with E-state index in [0.717, 1.165) is 18.3 Å². The fourth-order valence-corrected chi connectivity index (χ4v) is 2.98. The van der Waals surface area contributed by atoms with Crippen LogP contribution < -0.4 is 4.74 Å². The van der Waals surface area contributed by atoms with E-state index in [4.69, 9.17) is 9.47 Å². The molecule has 1 saturated carbocycles. The first kappa shape index (κ1) is 13.0. The highest BCUT2D eigenvalue weighted by molar-refractivity contribution is 5.29. The van der Waals surface area contributed by atoms with Crippen molar-refractivity contribution in [3.05, 3.63) is 29.8 Å². The summed E-state index contributed by atoms with van der Waals surface area (Å²) in [4.78, 5) is 0. The topological polar surface area (TPSA) is 21.8 Å². The van der Waals surface area contributed by atoms with Gasteiger partial charge in [-0.15, -0.1) is 0 Å². The fraction of sp³-hybridized carbons (Fsp3) is 0.647. The normalized spacial score (nSPS) is 24.5. The Bertz CT molecular complexity index is 373. The van der Waals surface area contributed by atoms with Crippen molar-refractivity contribution in [1.82, 2.24) is 0 Å². The van der Waals surface area contributed by atoms with E-state index < -0.39 is 0 Å². The molecule has 0 N–H and O–H groups in total. The average Bonchev–Trinajstić information content (AvgIpc) is 3.21. The minimum atomic E-state index is 0.338. The van der Waals surface area contributed by atoms with E-state index in [2.05, 4.69) is 24.3 Å². The molecule has 0 spiro atoms. The first-order valence-electron chi connectivity index (χ1n) is 7.76. The van der Waals surface area contributed by atoms with Gasteiger partial charge in [0.15, 0.2) is 0 Å². The second-order valence-electron chi connectivity index (χ2n) is 5.88. The third-order valence-electron chi connectivity index (χ3n) is 4.29. The lowest BCUT2D eigenvalue weighted by molar-refractivity contribution is 0.263. The summed E-state index contributed by atoms with van der Waals surface area (Å²) >= 11 is 0. The van der Waals surface area contributed by atoms with Crippen molar-refractivity contribution in [2.24, 2.45) is 0 Å². The third kappa shape index (κ3) is 3.97. The van der Waals surface area contributed by atoms with Crippen LogP contribution in [0.2, 0.25) is 0 Å². The molecule has 2 aliphatic rings. The van der Waals surface area contributed by atoms with E-state index in [0.29, 0.717) is 12.7 Å². The molecule has 2 heteroatoms. The molecular weight excluding hydrogens is 236 g/mol. The summed E-state index contributed by atoms with van der Waals surface area (Å²) < 4.78 is 10.8. The summed E-state index contributed by atoms with van der Waals surface area (Å²) in [6.07, 6.45) is 10.1. The predicted octanol–water partition coefficient (Wildman–Crippen LogP) is 4.29.